The lowest BCUT2D eigenvalue weighted by atomic mass is 10.2. The molecule has 0 saturated heterocycles. The van der Waals surface area contributed by atoms with E-state index in [4.69, 9.17) is 0 Å². The summed E-state index contributed by atoms with van der Waals surface area (Å²) in [6.45, 7) is 3.23. The van der Waals surface area contributed by atoms with Crippen LogP contribution >= 0.6 is 11.8 Å². The summed E-state index contributed by atoms with van der Waals surface area (Å²) in [6.07, 6.45) is 0.908. The summed E-state index contributed by atoms with van der Waals surface area (Å²) in [4.78, 5) is 14.8. The third-order valence-electron chi connectivity index (χ3n) is 4.46. The van der Waals surface area contributed by atoms with E-state index in [0.29, 0.717) is 11.7 Å². The van der Waals surface area contributed by atoms with E-state index in [-0.39, 0.29) is 11.2 Å². The highest BCUT2D eigenvalue weighted by atomic mass is 32.2. The molecule has 1 atom stereocenters. The number of tetrazole rings is 1. The number of carbonyl (C=O) groups is 1. The van der Waals surface area contributed by atoms with Crippen molar-refractivity contribution in [3.63, 3.8) is 0 Å². The molecule has 2 aromatic carbocycles. The zero-order valence-corrected chi connectivity index (χ0v) is 15.3. The molecule has 1 unspecified atom stereocenters. The van der Waals surface area contributed by atoms with Crippen LogP contribution in [0.3, 0.4) is 0 Å². The van der Waals surface area contributed by atoms with Crippen LogP contribution in [0.5, 0.6) is 0 Å². The van der Waals surface area contributed by atoms with Gasteiger partial charge in [0.1, 0.15) is 0 Å². The Kier molecular flexibility index (Phi) is 4.71. The Morgan fingerprint density at radius 1 is 1.15 bits per heavy atom. The third kappa shape index (κ3) is 3.35. The molecule has 0 saturated carbocycles. The number of hydrogen-bond acceptors (Lipinski definition) is 5. The largest absolute Gasteiger partial charge is 0.311 e. The van der Waals surface area contributed by atoms with Crippen molar-refractivity contribution in [2.45, 2.75) is 30.3 Å². The minimum Gasteiger partial charge on any atom is -0.311 e. The Morgan fingerprint density at radius 3 is 2.77 bits per heavy atom. The number of thioether (sulfide) groups is 1. The number of anilines is 1. The van der Waals surface area contributed by atoms with Gasteiger partial charge in [0.25, 0.3) is 0 Å². The number of aromatic nitrogens is 4. The predicted octanol–water partition coefficient (Wildman–Crippen LogP) is 2.79. The minimum atomic E-state index is -0.262. The van der Waals surface area contributed by atoms with Crippen LogP contribution in [-0.2, 0) is 17.8 Å². The van der Waals surface area contributed by atoms with Crippen molar-refractivity contribution in [3.8, 4) is 0 Å². The summed E-state index contributed by atoms with van der Waals surface area (Å²) >= 11 is 1.40. The molecule has 1 aliphatic heterocycles. The molecule has 2 heterocycles. The number of para-hydroxylation sites is 1. The van der Waals surface area contributed by atoms with Gasteiger partial charge in [-0.2, -0.15) is 0 Å². The summed E-state index contributed by atoms with van der Waals surface area (Å²) in [5.74, 6) is 0.0919. The quantitative estimate of drug-likeness (QED) is 0.651. The van der Waals surface area contributed by atoms with Gasteiger partial charge in [-0.05, 0) is 41.0 Å². The zero-order valence-electron chi connectivity index (χ0n) is 14.4. The average Bonchev–Trinajstić information content (AvgIpc) is 3.29. The predicted molar refractivity (Wildman–Crippen MR) is 101 cm³/mol. The first-order valence-electron chi connectivity index (χ1n) is 8.58. The molecular formula is C19H19N5OS. The number of benzene rings is 2. The molecule has 1 aromatic heterocycles. The van der Waals surface area contributed by atoms with Gasteiger partial charge >= 0.3 is 0 Å². The van der Waals surface area contributed by atoms with E-state index in [1.54, 1.807) is 4.68 Å². The Balaban J connectivity index is 1.47. The first-order valence-corrected chi connectivity index (χ1v) is 9.46. The van der Waals surface area contributed by atoms with Crippen LogP contribution < -0.4 is 4.90 Å². The van der Waals surface area contributed by atoms with Gasteiger partial charge < -0.3 is 4.90 Å². The van der Waals surface area contributed by atoms with Crippen molar-refractivity contribution in [2.75, 3.05) is 11.4 Å². The molecule has 3 aromatic rings. The average molecular weight is 365 g/mol. The number of amides is 1. The lowest BCUT2D eigenvalue weighted by Crippen LogP contribution is -2.35. The molecule has 4 rings (SSSR count). The highest BCUT2D eigenvalue weighted by molar-refractivity contribution is 8.00. The topological polar surface area (TPSA) is 63.9 Å². The highest BCUT2D eigenvalue weighted by Gasteiger charge is 2.29. The van der Waals surface area contributed by atoms with Gasteiger partial charge in [-0.3, -0.25) is 4.79 Å². The van der Waals surface area contributed by atoms with Crippen molar-refractivity contribution in [2.24, 2.45) is 0 Å². The van der Waals surface area contributed by atoms with Gasteiger partial charge in [0.15, 0.2) is 0 Å². The molecule has 0 fully saturated rings. The summed E-state index contributed by atoms with van der Waals surface area (Å²) in [6, 6.07) is 18.1. The van der Waals surface area contributed by atoms with Crippen molar-refractivity contribution >= 4 is 23.4 Å². The molecular weight excluding hydrogens is 346 g/mol. The van der Waals surface area contributed by atoms with Crippen LogP contribution in [0, 0.1) is 0 Å². The van der Waals surface area contributed by atoms with Gasteiger partial charge in [0.05, 0.1) is 11.8 Å². The van der Waals surface area contributed by atoms with E-state index in [1.165, 1.54) is 17.3 Å². The maximum absolute atomic E-state index is 12.9. The molecule has 7 heteroatoms. The normalized spacial score (nSPS) is 14.3. The number of hydrogen-bond donors (Lipinski definition) is 0. The van der Waals surface area contributed by atoms with Crippen molar-refractivity contribution in [1.82, 2.24) is 20.2 Å². The lowest BCUT2D eigenvalue weighted by molar-refractivity contribution is -0.117. The van der Waals surface area contributed by atoms with Crippen molar-refractivity contribution in [1.29, 1.82) is 0 Å². The fourth-order valence-corrected chi connectivity index (χ4v) is 3.98. The van der Waals surface area contributed by atoms with E-state index in [2.05, 4.69) is 21.6 Å². The molecule has 0 aliphatic carbocycles. The number of carbonyl (C=O) groups excluding carboxylic acids is 1. The first kappa shape index (κ1) is 16.8. The molecule has 1 aliphatic rings. The fraction of sp³-hybridized carbons (Fsp3) is 0.263. The van der Waals surface area contributed by atoms with E-state index in [1.807, 2.05) is 60.4 Å². The van der Waals surface area contributed by atoms with Gasteiger partial charge in [-0.25, -0.2) is 4.68 Å². The van der Waals surface area contributed by atoms with Gasteiger partial charge in [0.2, 0.25) is 11.1 Å². The second-order valence-electron chi connectivity index (χ2n) is 6.23. The first-order chi connectivity index (χ1) is 12.7. The maximum Gasteiger partial charge on any atom is 0.240 e. The molecule has 26 heavy (non-hydrogen) atoms. The Labute approximate surface area is 156 Å². The van der Waals surface area contributed by atoms with Crippen LogP contribution in [-0.4, -0.2) is 37.9 Å². The molecule has 6 nitrogen and oxygen atoms in total. The maximum atomic E-state index is 12.9. The smallest absolute Gasteiger partial charge is 0.240 e. The number of nitrogens with zero attached hydrogens (tertiary/aromatic N) is 5. The van der Waals surface area contributed by atoms with E-state index < -0.39 is 0 Å². The Morgan fingerprint density at radius 2 is 1.92 bits per heavy atom. The summed E-state index contributed by atoms with van der Waals surface area (Å²) in [5, 5.41) is 12.3. The van der Waals surface area contributed by atoms with E-state index in [9.17, 15) is 4.79 Å². The van der Waals surface area contributed by atoms with Crippen molar-refractivity contribution < 1.29 is 4.79 Å². The fourth-order valence-electron chi connectivity index (χ4n) is 3.13. The standard InChI is InChI=1S/C19H19N5OS/c1-14(18(25)23-12-11-16-9-5-6-10-17(16)23)26-19-20-21-22-24(19)13-15-7-3-2-4-8-15/h2-10,14H,11-13H2,1H3. The Hall–Kier alpha value is -2.67. The Bertz CT molecular complexity index is 911. The summed E-state index contributed by atoms with van der Waals surface area (Å²) < 4.78 is 1.74. The number of fused-ring (bicyclic) bond motifs is 1. The second-order valence-corrected chi connectivity index (χ2v) is 7.54. The van der Waals surface area contributed by atoms with Gasteiger partial charge in [0, 0.05) is 12.2 Å². The van der Waals surface area contributed by atoms with Crippen LogP contribution in [0.25, 0.3) is 0 Å². The van der Waals surface area contributed by atoms with Gasteiger partial charge in [-0.1, -0.05) is 60.3 Å². The van der Waals surface area contributed by atoms with Crippen LogP contribution in [0.4, 0.5) is 5.69 Å². The lowest BCUT2D eigenvalue weighted by Gasteiger charge is -2.21. The van der Waals surface area contributed by atoms with Crippen molar-refractivity contribution in [3.05, 3.63) is 65.7 Å². The molecule has 0 bridgehead atoms. The summed E-state index contributed by atoms with van der Waals surface area (Å²) in [7, 11) is 0. The molecule has 0 N–H and O–H groups in total. The zero-order chi connectivity index (χ0) is 17.9. The molecule has 1 amide bonds. The van der Waals surface area contributed by atoms with Gasteiger partial charge in [-0.15, -0.1) is 5.10 Å². The highest BCUT2D eigenvalue weighted by Crippen LogP contribution is 2.31. The minimum absolute atomic E-state index is 0.0919. The van der Waals surface area contributed by atoms with Crippen LogP contribution in [0.1, 0.15) is 18.1 Å². The van der Waals surface area contributed by atoms with Crippen LogP contribution in [0.2, 0.25) is 0 Å². The number of rotatable bonds is 5. The SMILES string of the molecule is CC(Sc1nnnn1Cc1ccccc1)C(=O)N1CCc2ccccc21. The third-order valence-corrected chi connectivity index (χ3v) is 5.52. The molecule has 132 valence electrons. The monoisotopic (exact) mass is 365 g/mol. The van der Waals surface area contributed by atoms with E-state index in [0.717, 1.165) is 24.2 Å². The molecule has 0 radical (unpaired) electrons. The van der Waals surface area contributed by atoms with Crippen LogP contribution in [0.15, 0.2) is 59.8 Å². The summed E-state index contributed by atoms with van der Waals surface area (Å²) in [5.41, 5.74) is 3.37. The second kappa shape index (κ2) is 7.29. The molecule has 0 spiro atoms. The van der Waals surface area contributed by atoms with E-state index >= 15 is 0 Å².